The Kier molecular flexibility index (Phi) is 4.33. The first-order valence-corrected chi connectivity index (χ1v) is 7.73. The fourth-order valence-corrected chi connectivity index (χ4v) is 2.64. The van der Waals surface area contributed by atoms with E-state index < -0.39 is 5.91 Å². The van der Waals surface area contributed by atoms with Gasteiger partial charge in [0.1, 0.15) is 11.3 Å². The summed E-state index contributed by atoms with van der Waals surface area (Å²) in [6.45, 7) is 2.36. The highest BCUT2D eigenvalue weighted by atomic mass is 16.5. The molecule has 0 aliphatic heterocycles. The van der Waals surface area contributed by atoms with Crippen LogP contribution in [-0.2, 0) is 7.05 Å². The molecule has 0 spiro atoms. The number of fused-ring (bicyclic) bond motifs is 1. The number of aromatic nitrogens is 1. The van der Waals surface area contributed by atoms with Gasteiger partial charge in [-0.1, -0.05) is 24.3 Å². The van der Waals surface area contributed by atoms with E-state index in [0.717, 1.165) is 5.52 Å². The number of pyridine rings is 1. The topological polar surface area (TPSA) is 60.3 Å². The lowest BCUT2D eigenvalue weighted by Crippen LogP contribution is -2.23. The summed E-state index contributed by atoms with van der Waals surface area (Å²) in [6, 6.07) is 14.4. The van der Waals surface area contributed by atoms with E-state index >= 15 is 0 Å². The molecule has 2 aromatic carbocycles. The van der Waals surface area contributed by atoms with Crippen LogP contribution in [0.5, 0.6) is 5.75 Å². The van der Waals surface area contributed by atoms with Crippen molar-refractivity contribution in [1.82, 2.24) is 4.57 Å². The summed E-state index contributed by atoms with van der Waals surface area (Å²) in [6.07, 6.45) is 1.56. The van der Waals surface area contributed by atoms with Gasteiger partial charge in [0.15, 0.2) is 0 Å². The van der Waals surface area contributed by atoms with Crippen LogP contribution in [0.4, 0.5) is 5.69 Å². The quantitative estimate of drug-likeness (QED) is 0.802. The van der Waals surface area contributed by atoms with Crippen molar-refractivity contribution in [1.29, 1.82) is 0 Å². The monoisotopic (exact) mass is 322 g/mol. The number of ether oxygens (including phenoxy) is 1. The second kappa shape index (κ2) is 6.58. The average Bonchev–Trinajstić information content (AvgIpc) is 2.60. The lowest BCUT2D eigenvalue weighted by Gasteiger charge is -2.12. The van der Waals surface area contributed by atoms with Crippen molar-refractivity contribution in [3.8, 4) is 5.75 Å². The smallest absolute Gasteiger partial charge is 0.261 e. The average molecular weight is 322 g/mol. The van der Waals surface area contributed by atoms with Gasteiger partial charge in [0.25, 0.3) is 5.91 Å². The van der Waals surface area contributed by atoms with Crippen LogP contribution in [0.25, 0.3) is 10.9 Å². The Labute approximate surface area is 139 Å². The van der Waals surface area contributed by atoms with Gasteiger partial charge < -0.3 is 14.6 Å². The molecular weight excluding hydrogens is 304 g/mol. The van der Waals surface area contributed by atoms with Crippen LogP contribution in [0.3, 0.4) is 0 Å². The maximum Gasteiger partial charge on any atom is 0.261 e. The first-order valence-electron chi connectivity index (χ1n) is 7.73. The number of amides is 1. The van der Waals surface area contributed by atoms with Crippen LogP contribution in [0.2, 0.25) is 0 Å². The van der Waals surface area contributed by atoms with Crippen molar-refractivity contribution in [3.05, 3.63) is 70.5 Å². The number of aryl methyl sites for hydroxylation is 1. The molecule has 1 aromatic heterocycles. The molecule has 1 N–H and O–H groups in total. The van der Waals surface area contributed by atoms with Crippen LogP contribution >= 0.6 is 0 Å². The minimum atomic E-state index is -0.450. The second-order valence-corrected chi connectivity index (χ2v) is 5.38. The van der Waals surface area contributed by atoms with E-state index in [9.17, 15) is 9.59 Å². The minimum Gasteiger partial charge on any atom is -0.492 e. The highest BCUT2D eigenvalue weighted by Gasteiger charge is 2.16. The van der Waals surface area contributed by atoms with Gasteiger partial charge in [0.2, 0.25) is 5.43 Å². The molecule has 0 bridgehead atoms. The maximum atomic E-state index is 12.6. The number of para-hydroxylation sites is 3. The predicted octanol–water partition coefficient (Wildman–Crippen LogP) is 3.19. The van der Waals surface area contributed by atoms with E-state index in [1.54, 1.807) is 41.1 Å². The van der Waals surface area contributed by atoms with Crippen LogP contribution in [-0.4, -0.2) is 17.1 Å². The fraction of sp³-hybridized carbons (Fsp3) is 0.158. The zero-order valence-electron chi connectivity index (χ0n) is 13.6. The van der Waals surface area contributed by atoms with Gasteiger partial charge in [0.05, 0.1) is 17.8 Å². The Morgan fingerprint density at radius 1 is 1.12 bits per heavy atom. The highest BCUT2D eigenvalue weighted by Crippen LogP contribution is 2.24. The summed E-state index contributed by atoms with van der Waals surface area (Å²) in [5, 5.41) is 3.29. The van der Waals surface area contributed by atoms with E-state index in [1.165, 1.54) is 0 Å². The molecule has 0 atom stereocenters. The van der Waals surface area contributed by atoms with E-state index in [-0.39, 0.29) is 11.0 Å². The van der Waals surface area contributed by atoms with Gasteiger partial charge in [-0.3, -0.25) is 9.59 Å². The third-order valence-corrected chi connectivity index (χ3v) is 3.78. The number of carbonyl (C=O) groups excluding carboxylic acids is 1. The van der Waals surface area contributed by atoms with E-state index in [0.29, 0.717) is 23.4 Å². The SMILES string of the molecule is CCOc1ccccc1NC(=O)c1cn(C)c2ccccc2c1=O. The van der Waals surface area contributed by atoms with Crippen molar-refractivity contribution in [2.75, 3.05) is 11.9 Å². The van der Waals surface area contributed by atoms with E-state index in [4.69, 9.17) is 4.74 Å². The molecule has 0 saturated carbocycles. The third kappa shape index (κ3) is 2.88. The van der Waals surface area contributed by atoms with Gasteiger partial charge in [-0.2, -0.15) is 0 Å². The molecule has 1 amide bonds. The Hall–Kier alpha value is -3.08. The summed E-state index contributed by atoms with van der Waals surface area (Å²) in [5.74, 6) is 0.125. The van der Waals surface area contributed by atoms with Crippen LogP contribution in [0.15, 0.2) is 59.5 Å². The molecule has 122 valence electrons. The third-order valence-electron chi connectivity index (χ3n) is 3.78. The molecule has 0 aliphatic carbocycles. The number of benzene rings is 2. The molecule has 5 nitrogen and oxygen atoms in total. The zero-order chi connectivity index (χ0) is 17.1. The first kappa shape index (κ1) is 15.8. The van der Waals surface area contributed by atoms with Crippen molar-refractivity contribution < 1.29 is 9.53 Å². The second-order valence-electron chi connectivity index (χ2n) is 5.38. The molecule has 1 heterocycles. The normalized spacial score (nSPS) is 10.6. The zero-order valence-corrected chi connectivity index (χ0v) is 13.6. The highest BCUT2D eigenvalue weighted by molar-refractivity contribution is 6.06. The molecule has 0 aliphatic rings. The number of nitrogens with one attached hydrogen (secondary N) is 1. The summed E-state index contributed by atoms with van der Waals surface area (Å²) < 4.78 is 7.28. The molecule has 3 rings (SSSR count). The lowest BCUT2D eigenvalue weighted by atomic mass is 10.1. The molecule has 0 saturated heterocycles. The first-order chi connectivity index (χ1) is 11.6. The van der Waals surface area contributed by atoms with E-state index in [2.05, 4.69) is 5.32 Å². The summed E-state index contributed by atoms with van der Waals surface area (Å²) in [5.41, 5.74) is 1.14. The van der Waals surface area contributed by atoms with E-state index in [1.807, 2.05) is 32.2 Å². The molecule has 0 fully saturated rings. The van der Waals surface area contributed by atoms with Crippen LogP contribution in [0, 0.1) is 0 Å². The molecule has 0 radical (unpaired) electrons. The fourth-order valence-electron chi connectivity index (χ4n) is 2.64. The summed E-state index contributed by atoms with van der Waals surface area (Å²) in [7, 11) is 1.81. The molecule has 0 unspecified atom stereocenters. The maximum absolute atomic E-state index is 12.6. The number of anilines is 1. The molecule has 3 aromatic rings. The number of hydrogen-bond acceptors (Lipinski definition) is 3. The van der Waals surface area contributed by atoms with Gasteiger partial charge in [-0.25, -0.2) is 0 Å². The van der Waals surface area contributed by atoms with Gasteiger partial charge in [-0.05, 0) is 31.2 Å². The lowest BCUT2D eigenvalue weighted by molar-refractivity contribution is 0.102. The van der Waals surface area contributed by atoms with Crippen molar-refractivity contribution in [2.24, 2.45) is 7.05 Å². The molecular formula is C19H18N2O3. The molecule has 24 heavy (non-hydrogen) atoms. The standard InChI is InChI=1S/C19H18N2O3/c1-3-24-17-11-7-5-9-15(17)20-19(23)14-12-21(2)16-10-6-4-8-13(16)18(14)22/h4-12H,3H2,1-2H3,(H,20,23). The predicted molar refractivity (Wildman–Crippen MR) is 94.8 cm³/mol. The Balaban J connectivity index is 2.01. The molecule has 5 heteroatoms. The van der Waals surface area contributed by atoms with Gasteiger partial charge in [0, 0.05) is 18.6 Å². The Bertz CT molecular complexity index is 960. The van der Waals surface area contributed by atoms with Gasteiger partial charge >= 0.3 is 0 Å². The number of rotatable bonds is 4. The van der Waals surface area contributed by atoms with Crippen molar-refractivity contribution in [2.45, 2.75) is 6.92 Å². The number of hydrogen-bond donors (Lipinski definition) is 1. The van der Waals surface area contributed by atoms with Crippen LogP contribution in [0.1, 0.15) is 17.3 Å². The number of carbonyl (C=O) groups is 1. The van der Waals surface area contributed by atoms with Crippen molar-refractivity contribution in [3.63, 3.8) is 0 Å². The summed E-state index contributed by atoms with van der Waals surface area (Å²) in [4.78, 5) is 25.2. The van der Waals surface area contributed by atoms with Gasteiger partial charge in [-0.15, -0.1) is 0 Å². The Morgan fingerprint density at radius 3 is 2.62 bits per heavy atom. The van der Waals surface area contributed by atoms with Crippen molar-refractivity contribution >= 4 is 22.5 Å². The number of nitrogens with zero attached hydrogens (tertiary/aromatic N) is 1. The minimum absolute atomic E-state index is 0.0995. The Morgan fingerprint density at radius 2 is 1.83 bits per heavy atom. The largest absolute Gasteiger partial charge is 0.492 e. The van der Waals surface area contributed by atoms with Crippen LogP contribution < -0.4 is 15.5 Å². The summed E-state index contributed by atoms with van der Waals surface area (Å²) >= 11 is 0.